The van der Waals surface area contributed by atoms with Gasteiger partial charge in [0.05, 0.1) is 30.1 Å². The molecule has 3 N–H and O–H groups in total. The Hall–Kier alpha value is -2.52. The first-order valence-corrected chi connectivity index (χ1v) is 10.1. The van der Waals surface area contributed by atoms with E-state index >= 15 is 0 Å². The van der Waals surface area contributed by atoms with Gasteiger partial charge < -0.3 is 20.5 Å². The third-order valence-electron chi connectivity index (χ3n) is 5.01. The number of aromatic nitrogens is 3. The number of aliphatic hydroxyl groups excluding tert-OH is 1. The normalized spacial score (nSPS) is 21.7. The number of aryl methyl sites for hydroxylation is 2. The zero-order chi connectivity index (χ0) is 20.6. The Morgan fingerprint density at radius 1 is 1.38 bits per heavy atom. The smallest absolute Gasteiger partial charge is 0.319 e. The summed E-state index contributed by atoms with van der Waals surface area (Å²) in [7, 11) is 0. The van der Waals surface area contributed by atoms with Gasteiger partial charge in [0.2, 0.25) is 0 Å². The van der Waals surface area contributed by atoms with Crippen LogP contribution < -0.4 is 10.6 Å². The summed E-state index contributed by atoms with van der Waals surface area (Å²) in [5, 5.41) is 23.2. The fourth-order valence-electron chi connectivity index (χ4n) is 3.49. The molecule has 0 radical (unpaired) electrons. The van der Waals surface area contributed by atoms with Crippen molar-refractivity contribution in [2.75, 3.05) is 11.9 Å². The number of hydrogen-bond donors (Lipinski definition) is 3. The Balaban J connectivity index is 1.47. The molecule has 0 bridgehead atoms. The van der Waals surface area contributed by atoms with Gasteiger partial charge in [-0.2, -0.15) is 0 Å². The number of urea groups is 1. The summed E-state index contributed by atoms with van der Waals surface area (Å²) in [5.41, 5.74) is 1.09. The van der Waals surface area contributed by atoms with Crippen LogP contribution in [0.15, 0.2) is 30.5 Å². The second kappa shape index (κ2) is 10.3. The summed E-state index contributed by atoms with van der Waals surface area (Å²) in [5.74, 6) is -0.503. The molecule has 0 unspecified atom stereocenters. The minimum absolute atomic E-state index is 0.0290. The summed E-state index contributed by atoms with van der Waals surface area (Å²) < 4.78 is 21.5. The van der Waals surface area contributed by atoms with Crippen LogP contribution >= 0.6 is 0 Å². The van der Waals surface area contributed by atoms with E-state index in [2.05, 4.69) is 27.9 Å². The summed E-state index contributed by atoms with van der Waals surface area (Å²) in [6.07, 6.45) is 5.52. The zero-order valence-corrected chi connectivity index (χ0v) is 16.6. The number of nitrogens with one attached hydrogen (secondary N) is 2. The minimum atomic E-state index is -0.522. The highest BCUT2D eigenvalue weighted by Gasteiger charge is 2.32. The Bertz CT molecular complexity index is 800. The Morgan fingerprint density at radius 2 is 2.21 bits per heavy atom. The molecule has 8 nitrogen and oxygen atoms in total. The Kier molecular flexibility index (Phi) is 7.54. The van der Waals surface area contributed by atoms with Crippen LogP contribution in [0.4, 0.5) is 14.9 Å². The molecule has 1 aliphatic rings. The van der Waals surface area contributed by atoms with E-state index in [0.717, 1.165) is 31.4 Å². The first kappa shape index (κ1) is 21.2. The Morgan fingerprint density at radius 3 is 2.97 bits per heavy atom. The first-order valence-electron chi connectivity index (χ1n) is 10.1. The molecule has 2 aromatic rings. The number of nitrogens with zero attached hydrogens (tertiary/aromatic N) is 3. The lowest BCUT2D eigenvalue weighted by molar-refractivity contribution is -0.0905. The van der Waals surface area contributed by atoms with Gasteiger partial charge in [-0.25, -0.2) is 9.18 Å². The predicted octanol–water partition coefficient (Wildman–Crippen LogP) is 2.49. The maximum Gasteiger partial charge on any atom is 0.319 e. The molecule has 9 heteroatoms. The number of ether oxygens (including phenoxy) is 1. The van der Waals surface area contributed by atoms with Gasteiger partial charge in [0.1, 0.15) is 11.9 Å². The average Bonchev–Trinajstić information content (AvgIpc) is 3.17. The van der Waals surface area contributed by atoms with Crippen LogP contribution in [0, 0.1) is 5.82 Å². The molecule has 1 aliphatic heterocycles. The number of hydrogen-bond acceptors (Lipinski definition) is 5. The molecule has 1 aromatic heterocycles. The van der Waals surface area contributed by atoms with E-state index in [1.165, 1.54) is 12.1 Å². The van der Waals surface area contributed by atoms with Crippen molar-refractivity contribution >= 4 is 11.7 Å². The molecule has 2 heterocycles. The number of amides is 2. The van der Waals surface area contributed by atoms with Gasteiger partial charge in [-0.3, -0.25) is 4.68 Å². The van der Waals surface area contributed by atoms with Gasteiger partial charge >= 0.3 is 6.03 Å². The van der Waals surface area contributed by atoms with Crippen molar-refractivity contribution in [3.63, 3.8) is 0 Å². The zero-order valence-electron chi connectivity index (χ0n) is 16.6. The highest BCUT2D eigenvalue weighted by atomic mass is 19.1. The summed E-state index contributed by atoms with van der Waals surface area (Å²) >= 11 is 0. The molecule has 158 valence electrons. The number of carbonyl (C=O) groups is 1. The van der Waals surface area contributed by atoms with Gasteiger partial charge in [-0.05, 0) is 37.8 Å². The molecule has 0 saturated carbocycles. The monoisotopic (exact) mass is 405 g/mol. The number of benzene rings is 1. The van der Waals surface area contributed by atoms with Crippen molar-refractivity contribution in [3.8, 4) is 0 Å². The summed E-state index contributed by atoms with van der Waals surface area (Å²) in [6, 6.07) is 5.10. The molecule has 3 rings (SSSR count). The number of rotatable bonds is 8. The molecule has 0 aliphatic carbocycles. The van der Waals surface area contributed by atoms with Crippen molar-refractivity contribution in [3.05, 3.63) is 42.0 Å². The van der Waals surface area contributed by atoms with Crippen LogP contribution in [0.1, 0.15) is 38.3 Å². The lowest BCUT2D eigenvalue weighted by Gasteiger charge is -2.36. The molecular weight excluding hydrogens is 377 g/mol. The summed E-state index contributed by atoms with van der Waals surface area (Å²) in [6.45, 7) is 2.58. The average molecular weight is 405 g/mol. The predicted molar refractivity (Wildman–Crippen MR) is 106 cm³/mol. The number of anilines is 1. The van der Waals surface area contributed by atoms with Crippen LogP contribution in [0.2, 0.25) is 0 Å². The molecule has 0 spiro atoms. The molecule has 3 atom stereocenters. The lowest BCUT2D eigenvalue weighted by Crippen LogP contribution is -2.52. The maximum absolute atomic E-state index is 13.7. The van der Waals surface area contributed by atoms with E-state index in [1.807, 2.05) is 10.9 Å². The second-order valence-corrected chi connectivity index (χ2v) is 7.25. The maximum atomic E-state index is 13.7. The third-order valence-corrected chi connectivity index (χ3v) is 5.01. The molecular formula is C20H28FN5O3. The third kappa shape index (κ3) is 5.98. The minimum Gasteiger partial charge on any atom is -0.394 e. The first-order chi connectivity index (χ1) is 14.1. The molecule has 1 saturated heterocycles. The van der Waals surface area contributed by atoms with Crippen LogP contribution in [0.3, 0.4) is 0 Å². The van der Waals surface area contributed by atoms with E-state index in [0.29, 0.717) is 13.0 Å². The van der Waals surface area contributed by atoms with Crippen molar-refractivity contribution in [2.45, 2.75) is 63.8 Å². The van der Waals surface area contributed by atoms with E-state index in [-0.39, 0.29) is 24.4 Å². The second-order valence-electron chi connectivity index (χ2n) is 7.25. The van der Waals surface area contributed by atoms with E-state index in [9.17, 15) is 14.3 Å². The fourth-order valence-corrected chi connectivity index (χ4v) is 3.49. The number of aliphatic hydroxyl groups is 1. The van der Waals surface area contributed by atoms with E-state index < -0.39 is 18.0 Å². The number of carbonyl (C=O) groups excluding carboxylic acids is 1. The van der Waals surface area contributed by atoms with Gasteiger partial charge in [0, 0.05) is 12.7 Å². The number of halogens is 1. The molecule has 1 aromatic carbocycles. The van der Waals surface area contributed by atoms with Crippen molar-refractivity contribution in [1.82, 2.24) is 20.3 Å². The van der Waals surface area contributed by atoms with Gasteiger partial charge in [0.15, 0.2) is 0 Å². The van der Waals surface area contributed by atoms with Gasteiger partial charge in [0.25, 0.3) is 0 Å². The molecule has 1 fully saturated rings. The fraction of sp³-hybridized carbons (Fsp3) is 0.550. The van der Waals surface area contributed by atoms with Crippen molar-refractivity contribution in [2.24, 2.45) is 0 Å². The van der Waals surface area contributed by atoms with Gasteiger partial charge in [-0.1, -0.05) is 30.7 Å². The van der Waals surface area contributed by atoms with Crippen molar-refractivity contribution in [1.29, 1.82) is 0 Å². The summed E-state index contributed by atoms with van der Waals surface area (Å²) in [4.78, 5) is 12.2. The number of para-hydroxylation sites is 1. The SMILES string of the molecule is CCCc1cn(CC[C@H]2CC[C@H](NC(=O)Nc3ccccc3F)[C@H](CO)O2)nn1. The Labute approximate surface area is 169 Å². The van der Waals surface area contributed by atoms with Crippen molar-refractivity contribution < 1.29 is 19.0 Å². The standard InChI is InChI=1S/C20H28FN5O3/c1-2-5-14-12-26(25-24-14)11-10-15-8-9-18(19(13-27)29-15)23-20(28)22-17-7-4-3-6-16(17)21/h3-4,6-7,12,15,18-19,27H,2,5,8-11,13H2,1H3,(H2,22,23,28)/t15-,18+,19+/m1/s1. The lowest BCUT2D eigenvalue weighted by atomic mass is 9.97. The quantitative estimate of drug-likeness (QED) is 0.626. The highest BCUT2D eigenvalue weighted by Crippen LogP contribution is 2.23. The highest BCUT2D eigenvalue weighted by molar-refractivity contribution is 5.89. The van der Waals surface area contributed by atoms with Crippen LogP contribution in [0.5, 0.6) is 0 Å². The van der Waals surface area contributed by atoms with E-state index in [1.54, 1.807) is 12.1 Å². The molecule has 29 heavy (non-hydrogen) atoms. The van der Waals surface area contributed by atoms with Crippen LogP contribution in [0.25, 0.3) is 0 Å². The topological polar surface area (TPSA) is 101 Å². The van der Waals surface area contributed by atoms with E-state index in [4.69, 9.17) is 4.74 Å². The largest absolute Gasteiger partial charge is 0.394 e. The van der Waals surface area contributed by atoms with Crippen LogP contribution in [-0.4, -0.2) is 51.0 Å². The van der Waals surface area contributed by atoms with Gasteiger partial charge in [-0.15, -0.1) is 5.10 Å². The van der Waals surface area contributed by atoms with Crippen LogP contribution in [-0.2, 0) is 17.7 Å². The molecule has 2 amide bonds.